The minimum Gasteiger partial charge on any atom is -0.101 e. The van der Waals surface area contributed by atoms with Gasteiger partial charge in [-0.3, -0.25) is 0 Å². The first-order valence-electron chi connectivity index (χ1n) is 4.18. The zero-order chi connectivity index (χ0) is 10.9. The predicted molar refractivity (Wildman–Crippen MR) is 70.5 cm³/mol. The molecule has 15 heavy (non-hydrogen) atoms. The molecule has 1 aliphatic rings. The fourth-order valence-corrected chi connectivity index (χ4v) is 2.51. The Hall–Kier alpha value is -1.40. The van der Waals surface area contributed by atoms with Crippen molar-refractivity contribution in [2.45, 2.75) is 6.92 Å². The van der Waals surface area contributed by atoms with Gasteiger partial charge in [0.25, 0.3) is 0 Å². The van der Waals surface area contributed by atoms with Crippen molar-refractivity contribution in [1.82, 2.24) is 0 Å². The van der Waals surface area contributed by atoms with Gasteiger partial charge in [0.05, 0.1) is 9.81 Å². The first kappa shape index (κ1) is 11.7. The summed E-state index contributed by atoms with van der Waals surface area (Å²) in [6.07, 6.45) is 5.46. The lowest BCUT2D eigenvalue weighted by Crippen LogP contribution is -1.77. The maximum absolute atomic E-state index is 3.49. The highest BCUT2D eigenvalue weighted by Gasteiger charge is 2.03. The molecule has 0 unspecified atom stereocenters. The van der Waals surface area contributed by atoms with Crippen LogP contribution in [0.4, 0.5) is 0 Å². The van der Waals surface area contributed by atoms with Crippen molar-refractivity contribution in [3.05, 3.63) is 34.6 Å². The van der Waals surface area contributed by atoms with Gasteiger partial charge >= 0.3 is 0 Å². The largest absolute Gasteiger partial charge is 0.101 e. The Morgan fingerprint density at radius 2 is 1.80 bits per heavy atom. The van der Waals surface area contributed by atoms with Gasteiger partial charge in [0, 0.05) is 0 Å². The van der Waals surface area contributed by atoms with E-state index in [2.05, 4.69) is 42.1 Å². The average molecular weight is 228 g/mol. The molecule has 0 saturated heterocycles. The van der Waals surface area contributed by atoms with Gasteiger partial charge in [0.2, 0.25) is 0 Å². The Labute approximate surface area is 98.7 Å². The zero-order valence-corrected chi connectivity index (χ0v) is 9.89. The minimum atomic E-state index is 1.00. The smallest absolute Gasteiger partial charge is 0.0696 e. The highest BCUT2D eigenvalue weighted by molar-refractivity contribution is 8.79. The third kappa shape index (κ3) is 4.57. The van der Waals surface area contributed by atoms with Crippen molar-refractivity contribution in [2.75, 3.05) is 0 Å². The number of hydrogen-bond donors (Lipinski definition) is 0. The van der Waals surface area contributed by atoms with Crippen LogP contribution in [0.25, 0.3) is 0 Å². The molecule has 0 aliphatic carbocycles. The molecular formula is C13H8S2. The third-order valence-corrected chi connectivity index (χ3v) is 3.52. The summed E-state index contributed by atoms with van der Waals surface area (Å²) in [5, 5.41) is 0. The van der Waals surface area contributed by atoms with E-state index in [0.717, 1.165) is 9.81 Å². The van der Waals surface area contributed by atoms with Crippen LogP contribution in [0.15, 0.2) is 34.6 Å². The van der Waals surface area contributed by atoms with E-state index in [9.17, 15) is 0 Å². The molecule has 0 radical (unpaired) electrons. The van der Waals surface area contributed by atoms with Crippen LogP contribution in [-0.2, 0) is 0 Å². The molecule has 0 fully saturated rings. The Morgan fingerprint density at radius 3 is 2.33 bits per heavy atom. The van der Waals surface area contributed by atoms with Crippen molar-refractivity contribution in [2.24, 2.45) is 0 Å². The summed E-state index contributed by atoms with van der Waals surface area (Å²) in [6.45, 7) is 5.31. The second kappa shape index (κ2) is 6.97. The summed E-state index contributed by atoms with van der Waals surface area (Å²) in [7, 11) is 3.23. The first-order chi connectivity index (χ1) is 7.36. The molecule has 0 bridgehead atoms. The van der Waals surface area contributed by atoms with Gasteiger partial charge in [0.1, 0.15) is 0 Å². The lowest BCUT2D eigenvalue weighted by Gasteiger charge is -2.03. The Morgan fingerprint density at radius 1 is 1.13 bits per heavy atom. The van der Waals surface area contributed by atoms with Crippen molar-refractivity contribution in [3.63, 3.8) is 0 Å². The highest BCUT2D eigenvalue weighted by atomic mass is 33.1. The number of rotatable bonds is 0. The Kier molecular flexibility index (Phi) is 5.42. The molecule has 0 atom stereocenters. The zero-order valence-electron chi connectivity index (χ0n) is 8.26. The molecular weight excluding hydrogens is 220 g/mol. The fourth-order valence-electron chi connectivity index (χ4n) is 0.725. The van der Waals surface area contributed by atoms with Gasteiger partial charge in [-0.1, -0.05) is 18.4 Å². The summed E-state index contributed by atoms with van der Waals surface area (Å²) in [6, 6.07) is 0. The van der Waals surface area contributed by atoms with E-state index in [4.69, 9.17) is 0 Å². The molecule has 0 saturated carbocycles. The van der Waals surface area contributed by atoms with E-state index in [1.165, 1.54) is 6.08 Å². The maximum Gasteiger partial charge on any atom is 0.0696 e. The van der Waals surface area contributed by atoms with Gasteiger partial charge < -0.3 is 0 Å². The van der Waals surface area contributed by atoms with Crippen LogP contribution in [-0.4, -0.2) is 0 Å². The molecule has 1 rings (SSSR count). The van der Waals surface area contributed by atoms with Crippen molar-refractivity contribution in [1.29, 1.82) is 0 Å². The van der Waals surface area contributed by atoms with E-state index < -0.39 is 0 Å². The summed E-state index contributed by atoms with van der Waals surface area (Å²) < 4.78 is 0. The Balaban J connectivity index is 2.69. The van der Waals surface area contributed by atoms with Gasteiger partial charge in [-0.05, 0) is 64.5 Å². The van der Waals surface area contributed by atoms with E-state index in [0.29, 0.717) is 0 Å². The normalized spacial score (nSPS) is 12.6. The fraction of sp³-hybridized carbons (Fsp3) is 0.0769. The molecule has 1 heterocycles. The second-order valence-corrected chi connectivity index (χ2v) is 4.54. The van der Waals surface area contributed by atoms with Crippen LogP contribution in [0, 0.1) is 35.5 Å². The summed E-state index contributed by atoms with van der Waals surface area (Å²) >= 11 is 0. The van der Waals surface area contributed by atoms with E-state index in [1.54, 1.807) is 21.6 Å². The maximum atomic E-state index is 3.49. The topological polar surface area (TPSA) is 0 Å². The lowest BCUT2D eigenvalue weighted by molar-refractivity contribution is 1.86. The van der Waals surface area contributed by atoms with Crippen LogP contribution in [0.1, 0.15) is 6.92 Å². The molecule has 2 heteroatoms. The molecule has 1 aliphatic heterocycles. The van der Waals surface area contributed by atoms with Gasteiger partial charge in [0.15, 0.2) is 0 Å². The molecule has 0 amide bonds. The van der Waals surface area contributed by atoms with Crippen molar-refractivity contribution >= 4 is 21.6 Å². The molecule has 0 spiro atoms. The quantitative estimate of drug-likeness (QED) is 0.460. The first-order valence-corrected chi connectivity index (χ1v) is 6.33. The Bertz CT molecular complexity index is 488. The monoisotopic (exact) mass is 228 g/mol. The van der Waals surface area contributed by atoms with Gasteiger partial charge in [-0.25, -0.2) is 0 Å². The predicted octanol–water partition coefficient (Wildman–Crippen LogP) is 3.37. The number of allylic oxidation sites excluding steroid dienone is 5. The van der Waals surface area contributed by atoms with Crippen LogP contribution < -0.4 is 0 Å². The SMILES string of the molecule is C=CC#CC#CC1=CC=C(C#CC)SS1. The van der Waals surface area contributed by atoms with Crippen LogP contribution in [0.5, 0.6) is 0 Å². The van der Waals surface area contributed by atoms with Crippen LogP contribution >= 0.6 is 21.6 Å². The van der Waals surface area contributed by atoms with Crippen LogP contribution in [0.3, 0.4) is 0 Å². The number of hydrogen-bond acceptors (Lipinski definition) is 2. The van der Waals surface area contributed by atoms with Crippen molar-refractivity contribution in [3.8, 4) is 35.5 Å². The standard InChI is InChI=1S/C13H8S2/c1-3-5-6-7-9-13-11-10-12(8-4-2)14-15-13/h3,10-11H,1H2,2H3. The molecule has 72 valence electrons. The summed E-state index contributed by atoms with van der Waals surface area (Å²) in [5.74, 6) is 16.9. The van der Waals surface area contributed by atoms with E-state index in [1.807, 2.05) is 19.1 Å². The molecule has 0 N–H and O–H groups in total. The average Bonchev–Trinajstić information content (AvgIpc) is 2.27. The van der Waals surface area contributed by atoms with Crippen LogP contribution in [0.2, 0.25) is 0 Å². The summed E-state index contributed by atoms with van der Waals surface area (Å²) in [5.41, 5.74) is 0. The molecule has 0 nitrogen and oxygen atoms in total. The minimum absolute atomic E-state index is 1.00. The highest BCUT2D eigenvalue weighted by Crippen LogP contribution is 2.39. The van der Waals surface area contributed by atoms with E-state index >= 15 is 0 Å². The molecule has 0 aromatic carbocycles. The lowest BCUT2D eigenvalue weighted by atomic mass is 10.4. The summed E-state index contributed by atoms with van der Waals surface area (Å²) in [4.78, 5) is 2.06. The van der Waals surface area contributed by atoms with Crippen molar-refractivity contribution < 1.29 is 0 Å². The van der Waals surface area contributed by atoms with Gasteiger partial charge in [-0.2, -0.15) is 0 Å². The molecule has 0 aromatic rings. The molecule has 0 aromatic heterocycles. The second-order valence-electron chi connectivity index (χ2n) is 2.33. The van der Waals surface area contributed by atoms with E-state index in [-0.39, 0.29) is 0 Å². The van der Waals surface area contributed by atoms with Gasteiger partial charge in [-0.15, -0.1) is 5.92 Å². The third-order valence-electron chi connectivity index (χ3n) is 1.28.